The van der Waals surface area contributed by atoms with Crippen LogP contribution < -0.4 is 5.73 Å². The Morgan fingerprint density at radius 1 is 1.22 bits per heavy atom. The predicted octanol–water partition coefficient (Wildman–Crippen LogP) is 2.50. The molecule has 18 heavy (non-hydrogen) atoms. The number of ether oxygens (including phenoxy) is 2. The van der Waals surface area contributed by atoms with Crippen LogP contribution in [0.5, 0.6) is 0 Å². The lowest BCUT2D eigenvalue weighted by atomic mass is 9.97. The molecule has 0 aliphatic carbocycles. The first-order valence-corrected chi connectivity index (χ1v) is 6.88. The summed E-state index contributed by atoms with van der Waals surface area (Å²) < 4.78 is 10.6. The second-order valence-electron chi connectivity index (χ2n) is 5.57. The number of esters is 1. The molecule has 108 valence electrons. The molecular weight excluding hydrogens is 230 g/mol. The number of nitrogens with two attached hydrogens (primary N) is 1. The Hall–Kier alpha value is -0.610. The van der Waals surface area contributed by atoms with E-state index in [2.05, 4.69) is 6.92 Å². The molecule has 0 aromatic carbocycles. The van der Waals surface area contributed by atoms with Crippen LogP contribution in [0.25, 0.3) is 0 Å². The molecule has 0 amide bonds. The molecule has 0 aromatic heterocycles. The van der Waals surface area contributed by atoms with Crippen molar-refractivity contribution in [3.8, 4) is 0 Å². The zero-order valence-corrected chi connectivity index (χ0v) is 12.3. The minimum Gasteiger partial charge on any atom is -0.463 e. The SMILES string of the molecule is CCC(CCN)CCC(=O)OCCOC(C)(C)C. The average molecular weight is 259 g/mol. The van der Waals surface area contributed by atoms with E-state index < -0.39 is 0 Å². The molecule has 0 aliphatic rings. The maximum Gasteiger partial charge on any atom is 0.305 e. The van der Waals surface area contributed by atoms with Crippen molar-refractivity contribution >= 4 is 5.97 Å². The summed E-state index contributed by atoms with van der Waals surface area (Å²) in [5, 5.41) is 0. The Kier molecular flexibility index (Phi) is 9.02. The van der Waals surface area contributed by atoms with Crippen LogP contribution in [0.1, 0.15) is 53.4 Å². The zero-order chi connectivity index (χ0) is 14.0. The van der Waals surface area contributed by atoms with Crippen LogP contribution in [0.3, 0.4) is 0 Å². The lowest BCUT2D eigenvalue weighted by Gasteiger charge is -2.19. The monoisotopic (exact) mass is 259 g/mol. The van der Waals surface area contributed by atoms with Crippen LogP contribution in [0.4, 0.5) is 0 Å². The highest BCUT2D eigenvalue weighted by atomic mass is 16.6. The Morgan fingerprint density at radius 3 is 2.39 bits per heavy atom. The summed E-state index contributed by atoms with van der Waals surface area (Å²) in [7, 11) is 0. The fourth-order valence-electron chi connectivity index (χ4n) is 1.69. The van der Waals surface area contributed by atoms with Gasteiger partial charge in [0.05, 0.1) is 12.2 Å². The maximum absolute atomic E-state index is 11.5. The highest BCUT2D eigenvalue weighted by Gasteiger charge is 2.12. The molecule has 1 atom stereocenters. The van der Waals surface area contributed by atoms with Gasteiger partial charge in [0.1, 0.15) is 6.61 Å². The van der Waals surface area contributed by atoms with Gasteiger partial charge in [0.2, 0.25) is 0 Å². The number of hydrogen-bond acceptors (Lipinski definition) is 4. The third kappa shape index (κ3) is 10.5. The molecule has 0 aromatic rings. The lowest BCUT2D eigenvalue weighted by molar-refractivity contribution is -0.147. The smallest absolute Gasteiger partial charge is 0.305 e. The third-order valence-corrected chi connectivity index (χ3v) is 2.79. The van der Waals surface area contributed by atoms with E-state index in [1.165, 1.54) is 0 Å². The van der Waals surface area contributed by atoms with Gasteiger partial charge in [-0.15, -0.1) is 0 Å². The first kappa shape index (κ1) is 17.4. The Morgan fingerprint density at radius 2 is 1.89 bits per heavy atom. The molecule has 0 rings (SSSR count). The van der Waals surface area contributed by atoms with Crippen molar-refractivity contribution in [2.75, 3.05) is 19.8 Å². The van der Waals surface area contributed by atoms with E-state index in [9.17, 15) is 4.79 Å². The van der Waals surface area contributed by atoms with Gasteiger partial charge in [-0.3, -0.25) is 4.79 Å². The van der Waals surface area contributed by atoms with Crippen LogP contribution in [0.15, 0.2) is 0 Å². The highest BCUT2D eigenvalue weighted by Crippen LogP contribution is 2.14. The van der Waals surface area contributed by atoms with E-state index in [-0.39, 0.29) is 11.6 Å². The molecule has 0 spiro atoms. The normalized spacial score (nSPS) is 13.4. The molecule has 4 heteroatoms. The van der Waals surface area contributed by atoms with Crippen molar-refractivity contribution in [1.29, 1.82) is 0 Å². The van der Waals surface area contributed by atoms with Crippen molar-refractivity contribution in [2.24, 2.45) is 11.7 Å². The predicted molar refractivity (Wildman–Crippen MR) is 73.4 cm³/mol. The molecular formula is C14H29NO3. The van der Waals surface area contributed by atoms with E-state index in [1.54, 1.807) is 0 Å². The molecule has 0 fully saturated rings. The van der Waals surface area contributed by atoms with Gasteiger partial charge >= 0.3 is 5.97 Å². The van der Waals surface area contributed by atoms with Crippen LogP contribution in [-0.2, 0) is 14.3 Å². The summed E-state index contributed by atoms with van der Waals surface area (Å²) >= 11 is 0. The first-order valence-electron chi connectivity index (χ1n) is 6.88. The summed E-state index contributed by atoms with van der Waals surface area (Å²) in [6.07, 6.45) is 3.40. The van der Waals surface area contributed by atoms with Crippen LogP contribution in [-0.4, -0.2) is 31.3 Å². The first-order chi connectivity index (χ1) is 8.39. The molecule has 2 N–H and O–H groups in total. The number of hydrogen-bond donors (Lipinski definition) is 1. The summed E-state index contributed by atoms with van der Waals surface area (Å²) in [5.74, 6) is 0.399. The van der Waals surface area contributed by atoms with E-state index in [1.807, 2.05) is 20.8 Å². The Labute approximate surface area is 111 Å². The van der Waals surface area contributed by atoms with Gasteiger partial charge in [-0.05, 0) is 46.1 Å². The van der Waals surface area contributed by atoms with Crippen molar-refractivity contribution in [3.05, 3.63) is 0 Å². The van der Waals surface area contributed by atoms with Gasteiger partial charge in [-0.1, -0.05) is 13.3 Å². The van der Waals surface area contributed by atoms with Gasteiger partial charge in [0, 0.05) is 6.42 Å². The second kappa shape index (κ2) is 9.34. The highest BCUT2D eigenvalue weighted by molar-refractivity contribution is 5.69. The maximum atomic E-state index is 11.5. The Balaban J connectivity index is 3.59. The van der Waals surface area contributed by atoms with Gasteiger partial charge in [0.25, 0.3) is 0 Å². The lowest BCUT2D eigenvalue weighted by Crippen LogP contribution is -2.22. The topological polar surface area (TPSA) is 61.6 Å². The Bertz CT molecular complexity index is 224. The summed E-state index contributed by atoms with van der Waals surface area (Å²) in [6.45, 7) is 9.54. The fraction of sp³-hybridized carbons (Fsp3) is 0.929. The summed E-state index contributed by atoms with van der Waals surface area (Å²) in [6, 6.07) is 0. The molecule has 1 unspecified atom stereocenters. The average Bonchev–Trinajstić information content (AvgIpc) is 2.29. The number of carbonyl (C=O) groups is 1. The minimum absolute atomic E-state index is 0.136. The summed E-state index contributed by atoms with van der Waals surface area (Å²) in [4.78, 5) is 11.5. The molecule has 0 saturated carbocycles. The second-order valence-corrected chi connectivity index (χ2v) is 5.57. The largest absolute Gasteiger partial charge is 0.463 e. The standard InChI is InChI=1S/C14H29NO3/c1-5-12(8-9-15)6-7-13(16)17-10-11-18-14(2,3)4/h12H,5-11,15H2,1-4H3. The van der Waals surface area contributed by atoms with E-state index >= 15 is 0 Å². The zero-order valence-electron chi connectivity index (χ0n) is 12.3. The molecule has 0 aliphatic heterocycles. The quantitative estimate of drug-likeness (QED) is 0.510. The van der Waals surface area contributed by atoms with Crippen molar-refractivity contribution in [2.45, 2.75) is 59.0 Å². The number of rotatable bonds is 9. The molecule has 0 saturated heterocycles. The van der Waals surface area contributed by atoms with Crippen LogP contribution in [0, 0.1) is 5.92 Å². The van der Waals surface area contributed by atoms with E-state index in [4.69, 9.17) is 15.2 Å². The van der Waals surface area contributed by atoms with Gasteiger partial charge in [-0.25, -0.2) is 0 Å². The number of carbonyl (C=O) groups excluding carboxylic acids is 1. The molecule has 0 bridgehead atoms. The fourth-order valence-corrected chi connectivity index (χ4v) is 1.69. The van der Waals surface area contributed by atoms with E-state index in [0.717, 1.165) is 19.3 Å². The minimum atomic E-state index is -0.180. The van der Waals surface area contributed by atoms with Crippen molar-refractivity contribution < 1.29 is 14.3 Å². The molecule has 4 nitrogen and oxygen atoms in total. The van der Waals surface area contributed by atoms with Crippen LogP contribution >= 0.6 is 0 Å². The summed E-state index contributed by atoms with van der Waals surface area (Å²) in [5.41, 5.74) is 5.34. The van der Waals surface area contributed by atoms with Crippen molar-refractivity contribution in [1.82, 2.24) is 0 Å². The van der Waals surface area contributed by atoms with Gasteiger partial charge in [0.15, 0.2) is 0 Å². The van der Waals surface area contributed by atoms with E-state index in [0.29, 0.717) is 32.1 Å². The van der Waals surface area contributed by atoms with Gasteiger partial charge < -0.3 is 15.2 Å². The molecule has 0 heterocycles. The molecule has 0 radical (unpaired) electrons. The van der Waals surface area contributed by atoms with Gasteiger partial charge in [-0.2, -0.15) is 0 Å². The van der Waals surface area contributed by atoms with Crippen molar-refractivity contribution in [3.63, 3.8) is 0 Å². The van der Waals surface area contributed by atoms with Crippen LogP contribution in [0.2, 0.25) is 0 Å². The third-order valence-electron chi connectivity index (χ3n) is 2.79.